The van der Waals surface area contributed by atoms with Gasteiger partial charge in [-0.05, 0) is 43.3 Å². The lowest BCUT2D eigenvalue weighted by Crippen LogP contribution is -2.08. The van der Waals surface area contributed by atoms with Crippen LogP contribution < -0.4 is 10.4 Å². The summed E-state index contributed by atoms with van der Waals surface area (Å²) in [6.07, 6.45) is 0. The van der Waals surface area contributed by atoms with Crippen molar-refractivity contribution < 1.29 is 23.8 Å². The van der Waals surface area contributed by atoms with Crippen LogP contribution in [-0.4, -0.2) is 18.2 Å². The van der Waals surface area contributed by atoms with Gasteiger partial charge in [0.25, 0.3) is 0 Å². The molecule has 0 saturated carbocycles. The van der Waals surface area contributed by atoms with Crippen molar-refractivity contribution in [3.05, 3.63) is 69.6 Å². The quantitative estimate of drug-likeness (QED) is 0.580. The highest BCUT2D eigenvalue weighted by Crippen LogP contribution is 2.27. The van der Waals surface area contributed by atoms with E-state index in [1.54, 1.807) is 44.4 Å². The number of carbonyl (C=O) groups excluding carboxylic acids is 1. The Kier molecular flexibility index (Phi) is 4.43. The van der Waals surface area contributed by atoms with Crippen LogP contribution >= 0.6 is 0 Å². The van der Waals surface area contributed by atoms with Crippen LogP contribution in [0.1, 0.15) is 21.5 Å². The maximum atomic E-state index is 12.2. The van der Waals surface area contributed by atoms with E-state index in [1.807, 2.05) is 0 Å². The van der Waals surface area contributed by atoms with Crippen LogP contribution in [0.4, 0.5) is 0 Å². The van der Waals surface area contributed by atoms with Crippen LogP contribution in [0.25, 0.3) is 11.0 Å². The minimum absolute atomic E-state index is 0.0306. The van der Waals surface area contributed by atoms with Crippen molar-refractivity contribution in [3.63, 3.8) is 0 Å². The maximum absolute atomic E-state index is 12.2. The van der Waals surface area contributed by atoms with E-state index in [4.69, 9.17) is 13.9 Å². The summed E-state index contributed by atoms with van der Waals surface area (Å²) in [6, 6.07) is 10.9. The van der Waals surface area contributed by atoms with Crippen molar-refractivity contribution >= 4 is 16.9 Å². The SMILES string of the molecule is COc1ccc(C(=O)OCc2cc(=O)oc3c(C)c(O)ccc23)cc1. The van der Waals surface area contributed by atoms with Gasteiger partial charge in [-0.15, -0.1) is 0 Å². The Morgan fingerprint density at radius 1 is 1.16 bits per heavy atom. The molecule has 0 saturated heterocycles. The van der Waals surface area contributed by atoms with Crippen LogP contribution in [0.2, 0.25) is 0 Å². The highest BCUT2D eigenvalue weighted by atomic mass is 16.5. The number of rotatable bonds is 4. The minimum Gasteiger partial charge on any atom is -0.508 e. The zero-order valence-corrected chi connectivity index (χ0v) is 13.7. The molecule has 1 heterocycles. The molecule has 25 heavy (non-hydrogen) atoms. The van der Waals surface area contributed by atoms with Gasteiger partial charge < -0.3 is 19.0 Å². The Hall–Kier alpha value is -3.28. The predicted molar refractivity (Wildman–Crippen MR) is 91.0 cm³/mol. The van der Waals surface area contributed by atoms with Crippen molar-refractivity contribution in [2.24, 2.45) is 0 Å². The molecule has 128 valence electrons. The molecular weight excluding hydrogens is 324 g/mol. The number of phenolic OH excluding ortho intramolecular Hbond substituents is 1. The van der Waals surface area contributed by atoms with Gasteiger partial charge in [-0.3, -0.25) is 0 Å². The van der Waals surface area contributed by atoms with Crippen molar-refractivity contribution in [1.82, 2.24) is 0 Å². The van der Waals surface area contributed by atoms with Crippen LogP contribution in [0.15, 0.2) is 51.7 Å². The van der Waals surface area contributed by atoms with E-state index in [0.29, 0.717) is 27.8 Å². The van der Waals surface area contributed by atoms with Crippen molar-refractivity contribution in [2.45, 2.75) is 13.5 Å². The topological polar surface area (TPSA) is 86.0 Å². The van der Waals surface area contributed by atoms with Gasteiger partial charge in [-0.2, -0.15) is 0 Å². The molecule has 0 aliphatic rings. The van der Waals surface area contributed by atoms with E-state index in [2.05, 4.69) is 0 Å². The first-order valence-corrected chi connectivity index (χ1v) is 7.56. The molecule has 0 bridgehead atoms. The van der Waals surface area contributed by atoms with Crippen molar-refractivity contribution in [2.75, 3.05) is 7.11 Å². The second-order valence-corrected chi connectivity index (χ2v) is 5.48. The zero-order valence-electron chi connectivity index (χ0n) is 13.7. The minimum atomic E-state index is -0.573. The maximum Gasteiger partial charge on any atom is 0.338 e. The predicted octanol–water partition coefficient (Wildman–Crippen LogP) is 3.17. The molecule has 0 atom stereocenters. The van der Waals surface area contributed by atoms with Gasteiger partial charge in [-0.1, -0.05) is 0 Å². The summed E-state index contributed by atoms with van der Waals surface area (Å²) in [5.41, 5.74) is 1.05. The van der Waals surface area contributed by atoms with Crippen molar-refractivity contribution in [1.29, 1.82) is 0 Å². The number of esters is 1. The van der Waals surface area contributed by atoms with E-state index in [9.17, 15) is 14.7 Å². The van der Waals surface area contributed by atoms with Gasteiger partial charge in [0.05, 0.1) is 12.7 Å². The van der Waals surface area contributed by atoms with E-state index < -0.39 is 11.6 Å². The van der Waals surface area contributed by atoms with Crippen LogP contribution in [0.3, 0.4) is 0 Å². The van der Waals surface area contributed by atoms with Crippen LogP contribution in [-0.2, 0) is 11.3 Å². The highest BCUT2D eigenvalue weighted by Gasteiger charge is 2.13. The third-order valence-corrected chi connectivity index (χ3v) is 3.90. The number of phenols is 1. The van der Waals surface area contributed by atoms with Crippen LogP contribution in [0.5, 0.6) is 11.5 Å². The lowest BCUT2D eigenvalue weighted by Gasteiger charge is -2.09. The third kappa shape index (κ3) is 3.33. The molecule has 0 aliphatic heterocycles. The van der Waals surface area contributed by atoms with Gasteiger partial charge in [0.1, 0.15) is 23.7 Å². The first-order chi connectivity index (χ1) is 12.0. The summed E-state index contributed by atoms with van der Waals surface area (Å²) in [5.74, 6) is 0.154. The summed E-state index contributed by atoms with van der Waals surface area (Å²) < 4.78 is 15.5. The van der Waals surface area contributed by atoms with Crippen molar-refractivity contribution in [3.8, 4) is 11.5 Å². The average Bonchev–Trinajstić information content (AvgIpc) is 2.63. The Morgan fingerprint density at radius 2 is 1.88 bits per heavy atom. The van der Waals surface area contributed by atoms with Gasteiger partial charge in [0.15, 0.2) is 0 Å². The number of fused-ring (bicyclic) bond motifs is 1. The first kappa shape index (κ1) is 16.6. The summed E-state index contributed by atoms with van der Waals surface area (Å²) in [6.45, 7) is 1.56. The Morgan fingerprint density at radius 3 is 2.56 bits per heavy atom. The Balaban J connectivity index is 1.86. The number of aromatic hydroxyl groups is 1. The lowest BCUT2D eigenvalue weighted by atomic mass is 10.1. The van der Waals surface area contributed by atoms with Crippen LogP contribution in [0, 0.1) is 6.92 Å². The number of ether oxygens (including phenoxy) is 2. The third-order valence-electron chi connectivity index (χ3n) is 3.90. The largest absolute Gasteiger partial charge is 0.508 e. The highest BCUT2D eigenvalue weighted by molar-refractivity contribution is 5.90. The fourth-order valence-corrected chi connectivity index (χ4v) is 2.49. The van der Waals surface area contributed by atoms with Gasteiger partial charge >= 0.3 is 11.6 Å². The molecule has 0 spiro atoms. The van der Waals surface area contributed by atoms with E-state index in [1.165, 1.54) is 12.1 Å². The van der Waals surface area contributed by atoms with Gasteiger partial charge in [0, 0.05) is 22.6 Å². The second kappa shape index (κ2) is 6.68. The normalized spacial score (nSPS) is 10.6. The number of carbonyl (C=O) groups is 1. The molecule has 0 unspecified atom stereocenters. The Labute approximate surface area is 143 Å². The Bertz CT molecular complexity index is 985. The molecule has 1 aromatic heterocycles. The fraction of sp³-hybridized carbons (Fsp3) is 0.158. The molecule has 3 rings (SSSR count). The summed E-state index contributed by atoms with van der Waals surface area (Å²) in [7, 11) is 1.54. The molecule has 6 heteroatoms. The molecule has 0 aliphatic carbocycles. The zero-order chi connectivity index (χ0) is 18.0. The molecule has 0 amide bonds. The summed E-state index contributed by atoms with van der Waals surface area (Å²) in [4.78, 5) is 23.9. The van der Waals surface area contributed by atoms with Gasteiger partial charge in [0.2, 0.25) is 0 Å². The van der Waals surface area contributed by atoms with E-state index in [0.717, 1.165) is 0 Å². The average molecular weight is 340 g/mol. The molecule has 2 aromatic carbocycles. The monoisotopic (exact) mass is 340 g/mol. The standard InChI is InChI=1S/C19H16O6/c1-11-16(20)8-7-15-13(9-17(21)25-18(11)15)10-24-19(22)12-3-5-14(23-2)6-4-12/h3-9,20H,10H2,1-2H3. The molecule has 6 nitrogen and oxygen atoms in total. The molecule has 0 radical (unpaired) electrons. The summed E-state index contributed by atoms with van der Waals surface area (Å²) >= 11 is 0. The first-order valence-electron chi connectivity index (χ1n) is 7.56. The molecular formula is C19H16O6. The van der Waals surface area contributed by atoms with Gasteiger partial charge in [-0.25, -0.2) is 9.59 Å². The second-order valence-electron chi connectivity index (χ2n) is 5.48. The lowest BCUT2D eigenvalue weighted by molar-refractivity contribution is 0.0474. The van der Waals surface area contributed by atoms with E-state index >= 15 is 0 Å². The number of hydrogen-bond acceptors (Lipinski definition) is 6. The number of hydrogen-bond donors (Lipinski definition) is 1. The summed E-state index contributed by atoms with van der Waals surface area (Å²) in [5, 5.41) is 10.4. The number of benzene rings is 2. The van der Waals surface area contributed by atoms with E-state index in [-0.39, 0.29) is 17.9 Å². The number of methoxy groups -OCH3 is 1. The molecule has 1 N–H and O–H groups in total. The molecule has 3 aromatic rings. The molecule has 0 fully saturated rings. The number of aryl methyl sites for hydroxylation is 1. The fourth-order valence-electron chi connectivity index (χ4n) is 2.49. The smallest absolute Gasteiger partial charge is 0.338 e.